The third kappa shape index (κ3) is 5.71. The topological polar surface area (TPSA) is 117 Å². The Morgan fingerprint density at radius 1 is 0.953 bits per heavy atom. The lowest BCUT2D eigenvalue weighted by atomic mass is 10.0. The molecule has 0 fully saturated rings. The van der Waals surface area contributed by atoms with E-state index in [9.17, 15) is 14.0 Å². The number of halogens is 2. The number of amides is 1. The van der Waals surface area contributed by atoms with E-state index in [0.29, 0.717) is 28.0 Å². The lowest BCUT2D eigenvalue weighted by molar-refractivity contribution is 0.101. The van der Waals surface area contributed by atoms with Gasteiger partial charge >= 0.3 is 0 Å². The van der Waals surface area contributed by atoms with Crippen molar-refractivity contribution < 1.29 is 27.8 Å². The summed E-state index contributed by atoms with van der Waals surface area (Å²) in [5.74, 6) is -1.42. The van der Waals surface area contributed by atoms with Crippen LogP contribution in [0.2, 0.25) is 0 Å². The molecule has 5 aromatic rings. The molecule has 3 aromatic heterocycles. The number of nitrogens with zero attached hydrogens (tertiary/aromatic N) is 4. The van der Waals surface area contributed by atoms with Crippen LogP contribution in [-0.4, -0.2) is 39.9 Å². The summed E-state index contributed by atoms with van der Waals surface area (Å²) in [4.78, 5) is 35.3. The standard InChI is InChI=1S/C31H27F2N5O5/c1-16(2)38-17(3)26(18-6-8-19(32)9-7-18)29(39)28(37-38)30(40)35-20-10-11-23(21(33)14-20)43-24-12-13-34-22-15-25(41-4)31(42-5)36-27(22)24/h6-16H,1-5H3,(H,35,40). The molecule has 0 saturated heterocycles. The fraction of sp³-hybridized carbons (Fsp3) is 0.194. The predicted molar refractivity (Wildman–Crippen MR) is 156 cm³/mol. The second kappa shape index (κ2) is 11.8. The first-order valence-electron chi connectivity index (χ1n) is 13.2. The van der Waals surface area contributed by atoms with Gasteiger partial charge in [-0.25, -0.2) is 13.8 Å². The van der Waals surface area contributed by atoms with E-state index >= 15 is 4.39 Å². The van der Waals surface area contributed by atoms with Gasteiger partial charge in [-0.3, -0.25) is 19.3 Å². The van der Waals surface area contributed by atoms with Gasteiger partial charge in [-0.15, -0.1) is 0 Å². The molecule has 0 atom stereocenters. The number of ether oxygens (including phenoxy) is 3. The van der Waals surface area contributed by atoms with Crippen molar-refractivity contribution in [2.75, 3.05) is 19.5 Å². The highest BCUT2D eigenvalue weighted by Gasteiger charge is 2.23. The Balaban J connectivity index is 1.45. The molecule has 10 nitrogen and oxygen atoms in total. The maximum absolute atomic E-state index is 15.2. The lowest BCUT2D eigenvalue weighted by Gasteiger charge is -2.18. The number of nitrogens with one attached hydrogen (secondary N) is 1. The van der Waals surface area contributed by atoms with Crippen molar-refractivity contribution in [2.45, 2.75) is 26.8 Å². The van der Waals surface area contributed by atoms with E-state index in [1.54, 1.807) is 17.7 Å². The Hall–Kier alpha value is -5.39. The fourth-order valence-corrected chi connectivity index (χ4v) is 4.59. The van der Waals surface area contributed by atoms with Crippen molar-refractivity contribution in [3.8, 4) is 34.3 Å². The van der Waals surface area contributed by atoms with Crippen molar-refractivity contribution in [1.29, 1.82) is 0 Å². The maximum atomic E-state index is 15.2. The lowest BCUT2D eigenvalue weighted by Crippen LogP contribution is -2.30. The fourth-order valence-electron chi connectivity index (χ4n) is 4.59. The molecule has 0 bridgehead atoms. The molecule has 2 aromatic carbocycles. The van der Waals surface area contributed by atoms with E-state index in [1.165, 1.54) is 62.9 Å². The first-order valence-corrected chi connectivity index (χ1v) is 13.2. The van der Waals surface area contributed by atoms with Crippen molar-refractivity contribution in [3.05, 3.63) is 94.0 Å². The van der Waals surface area contributed by atoms with Crippen LogP contribution >= 0.6 is 0 Å². The number of hydrogen-bond acceptors (Lipinski definition) is 8. The van der Waals surface area contributed by atoms with Crippen LogP contribution in [0.5, 0.6) is 23.1 Å². The molecular formula is C31H27F2N5O5. The van der Waals surface area contributed by atoms with E-state index in [4.69, 9.17) is 14.2 Å². The number of rotatable bonds is 8. The van der Waals surface area contributed by atoms with Crippen LogP contribution in [0.15, 0.2) is 65.6 Å². The smallest absolute Gasteiger partial charge is 0.280 e. The number of anilines is 1. The summed E-state index contributed by atoms with van der Waals surface area (Å²) in [6.07, 6.45) is 1.48. The van der Waals surface area contributed by atoms with Gasteiger partial charge < -0.3 is 19.5 Å². The summed E-state index contributed by atoms with van der Waals surface area (Å²) >= 11 is 0. The number of aromatic nitrogens is 4. The summed E-state index contributed by atoms with van der Waals surface area (Å²) in [5.41, 5.74) is 0.983. The highest BCUT2D eigenvalue weighted by Crippen LogP contribution is 2.35. The molecule has 12 heteroatoms. The van der Waals surface area contributed by atoms with E-state index in [1.807, 2.05) is 13.8 Å². The molecule has 0 aliphatic carbocycles. The summed E-state index contributed by atoms with van der Waals surface area (Å²) in [5, 5.41) is 6.83. The van der Waals surface area contributed by atoms with Gasteiger partial charge in [-0.2, -0.15) is 5.10 Å². The molecule has 0 spiro atoms. The Morgan fingerprint density at radius 3 is 2.35 bits per heavy atom. The molecule has 0 aliphatic heterocycles. The zero-order valence-corrected chi connectivity index (χ0v) is 23.9. The van der Waals surface area contributed by atoms with Crippen LogP contribution in [0.1, 0.15) is 36.1 Å². The van der Waals surface area contributed by atoms with Gasteiger partial charge in [0, 0.05) is 41.8 Å². The first kappa shape index (κ1) is 29.1. The monoisotopic (exact) mass is 587 g/mol. The number of benzene rings is 2. The van der Waals surface area contributed by atoms with Gasteiger partial charge in [-0.1, -0.05) is 12.1 Å². The zero-order valence-electron chi connectivity index (χ0n) is 23.9. The van der Waals surface area contributed by atoms with Crippen LogP contribution in [0.25, 0.3) is 22.2 Å². The number of pyridine rings is 2. The number of hydrogen-bond donors (Lipinski definition) is 1. The van der Waals surface area contributed by atoms with Gasteiger partial charge in [0.1, 0.15) is 11.3 Å². The van der Waals surface area contributed by atoms with Crippen LogP contribution in [0, 0.1) is 18.6 Å². The largest absolute Gasteiger partial charge is 0.491 e. The molecule has 43 heavy (non-hydrogen) atoms. The number of carbonyl (C=O) groups is 1. The molecule has 0 aliphatic rings. The minimum Gasteiger partial charge on any atom is -0.491 e. The molecular weight excluding hydrogens is 560 g/mol. The average molecular weight is 588 g/mol. The molecule has 0 unspecified atom stereocenters. The summed E-state index contributed by atoms with van der Waals surface area (Å²) in [6, 6.07) is 12.2. The third-order valence-electron chi connectivity index (χ3n) is 6.62. The van der Waals surface area contributed by atoms with E-state index in [2.05, 4.69) is 20.4 Å². The predicted octanol–water partition coefficient (Wildman–Crippen LogP) is 6.08. The van der Waals surface area contributed by atoms with Crippen LogP contribution < -0.4 is 25.0 Å². The Bertz CT molecular complexity index is 1910. The molecule has 3 heterocycles. The van der Waals surface area contributed by atoms with E-state index < -0.39 is 28.7 Å². The second-order valence-electron chi connectivity index (χ2n) is 9.76. The van der Waals surface area contributed by atoms with Crippen LogP contribution in [-0.2, 0) is 0 Å². The SMILES string of the molecule is COc1cc2nccc(Oc3ccc(NC(=O)c4nn(C(C)C)c(C)c(-c5ccc(F)cc5)c4=O)cc3F)c2nc1OC. The van der Waals surface area contributed by atoms with E-state index in [0.717, 1.165) is 6.07 Å². The van der Waals surface area contributed by atoms with Gasteiger partial charge in [0.2, 0.25) is 5.43 Å². The molecule has 1 amide bonds. The van der Waals surface area contributed by atoms with Crippen molar-refractivity contribution >= 4 is 22.6 Å². The Morgan fingerprint density at radius 2 is 1.70 bits per heavy atom. The number of carbonyl (C=O) groups excluding carboxylic acids is 1. The third-order valence-corrected chi connectivity index (χ3v) is 6.62. The summed E-state index contributed by atoms with van der Waals surface area (Å²) in [7, 11) is 2.91. The van der Waals surface area contributed by atoms with Crippen molar-refractivity contribution in [1.82, 2.24) is 19.7 Å². The van der Waals surface area contributed by atoms with Gasteiger partial charge in [0.05, 0.1) is 25.3 Å². The minimum atomic E-state index is -0.832. The molecule has 0 saturated carbocycles. The molecule has 1 N–H and O–H groups in total. The highest BCUT2D eigenvalue weighted by molar-refractivity contribution is 6.03. The van der Waals surface area contributed by atoms with Gasteiger partial charge in [0.25, 0.3) is 11.8 Å². The van der Waals surface area contributed by atoms with Crippen LogP contribution in [0.4, 0.5) is 14.5 Å². The van der Waals surface area contributed by atoms with Crippen molar-refractivity contribution in [3.63, 3.8) is 0 Å². The van der Waals surface area contributed by atoms with Crippen LogP contribution in [0.3, 0.4) is 0 Å². The number of fused-ring (bicyclic) bond motifs is 1. The normalized spacial score (nSPS) is 11.1. The Kier molecular flexibility index (Phi) is 8.02. The molecule has 5 rings (SSSR count). The van der Waals surface area contributed by atoms with E-state index in [-0.39, 0.29) is 34.7 Å². The van der Waals surface area contributed by atoms with Crippen molar-refractivity contribution in [2.24, 2.45) is 0 Å². The highest BCUT2D eigenvalue weighted by atomic mass is 19.1. The minimum absolute atomic E-state index is 0.0696. The zero-order chi connectivity index (χ0) is 30.8. The quantitative estimate of drug-likeness (QED) is 0.232. The average Bonchev–Trinajstić information content (AvgIpc) is 2.98. The molecule has 0 radical (unpaired) electrons. The Labute approximate surface area is 244 Å². The summed E-state index contributed by atoms with van der Waals surface area (Å²) < 4.78 is 46.6. The first-order chi connectivity index (χ1) is 20.6. The second-order valence-corrected chi connectivity index (χ2v) is 9.76. The van der Waals surface area contributed by atoms with Gasteiger partial charge in [0.15, 0.2) is 28.8 Å². The number of methoxy groups -OCH3 is 2. The summed E-state index contributed by atoms with van der Waals surface area (Å²) in [6.45, 7) is 5.41. The maximum Gasteiger partial charge on any atom is 0.280 e. The molecule has 220 valence electrons. The van der Waals surface area contributed by atoms with Gasteiger partial charge in [-0.05, 0) is 50.6 Å².